The molecule has 0 saturated carbocycles. The molecule has 8 nitrogen and oxygen atoms in total. The molecular formula is C21H25ClN2O6S. The van der Waals surface area contributed by atoms with Crippen molar-refractivity contribution in [2.45, 2.75) is 26.8 Å². The van der Waals surface area contributed by atoms with Gasteiger partial charge in [0.05, 0.1) is 31.2 Å². The monoisotopic (exact) mass is 468 g/mol. The lowest BCUT2D eigenvalue weighted by Gasteiger charge is -2.29. The van der Waals surface area contributed by atoms with E-state index in [1.54, 1.807) is 32.0 Å². The number of rotatable bonds is 8. The van der Waals surface area contributed by atoms with Gasteiger partial charge in [-0.1, -0.05) is 17.7 Å². The molecule has 168 valence electrons. The molecule has 0 saturated heterocycles. The predicted molar refractivity (Wildman–Crippen MR) is 121 cm³/mol. The first kappa shape index (κ1) is 24.5. The molecule has 0 aliphatic heterocycles. The Hall–Kier alpha value is -2.78. The third-order valence-corrected chi connectivity index (χ3v) is 5.94. The lowest BCUT2D eigenvalue weighted by molar-refractivity contribution is -0.116. The molecule has 1 amide bonds. The highest BCUT2D eigenvalue weighted by molar-refractivity contribution is 7.92. The highest BCUT2D eigenvalue weighted by atomic mass is 35.5. The van der Waals surface area contributed by atoms with Crippen LogP contribution in [-0.2, 0) is 19.6 Å². The van der Waals surface area contributed by atoms with Gasteiger partial charge in [0.25, 0.3) is 0 Å². The van der Waals surface area contributed by atoms with Crippen LogP contribution in [0.15, 0.2) is 36.4 Å². The number of anilines is 2. The minimum Gasteiger partial charge on any atom is -0.495 e. The van der Waals surface area contributed by atoms with Crippen LogP contribution < -0.4 is 14.4 Å². The van der Waals surface area contributed by atoms with Crippen molar-refractivity contribution in [3.63, 3.8) is 0 Å². The molecular weight excluding hydrogens is 444 g/mol. The molecule has 2 aromatic rings. The first-order valence-corrected chi connectivity index (χ1v) is 11.6. The molecule has 1 atom stereocenters. The molecule has 10 heteroatoms. The fraction of sp³-hybridized carbons (Fsp3) is 0.333. The van der Waals surface area contributed by atoms with E-state index in [-0.39, 0.29) is 28.6 Å². The van der Waals surface area contributed by atoms with Crippen LogP contribution in [0.2, 0.25) is 5.02 Å². The number of aryl methyl sites for hydroxylation is 1. The molecule has 1 N–H and O–H groups in total. The summed E-state index contributed by atoms with van der Waals surface area (Å²) in [5.74, 6) is -0.876. The van der Waals surface area contributed by atoms with E-state index in [0.29, 0.717) is 11.3 Å². The Labute approximate surface area is 187 Å². The van der Waals surface area contributed by atoms with Crippen LogP contribution in [0.1, 0.15) is 29.8 Å². The number of carbonyl (C=O) groups excluding carboxylic acids is 2. The zero-order valence-corrected chi connectivity index (χ0v) is 19.5. The molecule has 0 aliphatic rings. The average molecular weight is 469 g/mol. The lowest BCUT2D eigenvalue weighted by Crippen LogP contribution is -2.45. The van der Waals surface area contributed by atoms with E-state index < -0.39 is 27.9 Å². The highest BCUT2D eigenvalue weighted by Crippen LogP contribution is 2.34. The number of carbonyl (C=O) groups is 2. The molecule has 0 fully saturated rings. The summed E-state index contributed by atoms with van der Waals surface area (Å²) in [6.45, 7) is 5.11. The number of ether oxygens (including phenoxy) is 2. The third kappa shape index (κ3) is 5.89. The number of sulfonamides is 1. The summed E-state index contributed by atoms with van der Waals surface area (Å²) in [6.07, 6.45) is 0.990. The second kappa shape index (κ2) is 10.0. The van der Waals surface area contributed by atoms with Gasteiger partial charge in [-0.15, -0.1) is 0 Å². The van der Waals surface area contributed by atoms with Crippen molar-refractivity contribution >= 4 is 44.9 Å². The Bertz CT molecular complexity index is 1090. The van der Waals surface area contributed by atoms with Gasteiger partial charge in [-0.25, -0.2) is 13.2 Å². The van der Waals surface area contributed by atoms with E-state index in [4.69, 9.17) is 21.1 Å². The number of nitrogens with one attached hydrogen (secondary N) is 1. The van der Waals surface area contributed by atoms with E-state index in [2.05, 4.69) is 5.32 Å². The van der Waals surface area contributed by atoms with Gasteiger partial charge in [0.2, 0.25) is 15.9 Å². The van der Waals surface area contributed by atoms with Gasteiger partial charge in [0.15, 0.2) is 0 Å². The van der Waals surface area contributed by atoms with Gasteiger partial charge in [0.1, 0.15) is 11.8 Å². The van der Waals surface area contributed by atoms with Crippen molar-refractivity contribution in [2.75, 3.05) is 29.6 Å². The fourth-order valence-electron chi connectivity index (χ4n) is 2.95. The maximum absolute atomic E-state index is 13.0. The molecule has 0 radical (unpaired) electrons. The first-order chi connectivity index (χ1) is 14.5. The van der Waals surface area contributed by atoms with Crippen LogP contribution in [0, 0.1) is 6.92 Å². The van der Waals surface area contributed by atoms with E-state index in [0.717, 1.165) is 10.6 Å². The van der Waals surface area contributed by atoms with Crippen LogP contribution in [-0.4, -0.2) is 46.3 Å². The van der Waals surface area contributed by atoms with Crippen molar-refractivity contribution in [3.8, 4) is 5.75 Å². The largest absolute Gasteiger partial charge is 0.495 e. The second-order valence-corrected chi connectivity index (χ2v) is 9.09. The van der Waals surface area contributed by atoms with Crippen molar-refractivity contribution in [1.82, 2.24) is 0 Å². The number of nitrogens with zero attached hydrogens (tertiary/aromatic N) is 1. The Morgan fingerprint density at radius 2 is 1.87 bits per heavy atom. The predicted octanol–water partition coefficient (Wildman–Crippen LogP) is 3.63. The highest BCUT2D eigenvalue weighted by Gasteiger charge is 2.31. The topological polar surface area (TPSA) is 102 Å². The number of hydrogen-bond acceptors (Lipinski definition) is 6. The lowest BCUT2D eigenvalue weighted by atomic mass is 10.1. The van der Waals surface area contributed by atoms with Crippen LogP contribution in [0.3, 0.4) is 0 Å². The van der Waals surface area contributed by atoms with Crippen LogP contribution in [0.25, 0.3) is 0 Å². The summed E-state index contributed by atoms with van der Waals surface area (Å²) >= 11 is 6.05. The van der Waals surface area contributed by atoms with E-state index in [9.17, 15) is 18.0 Å². The normalized spacial score (nSPS) is 12.1. The Morgan fingerprint density at radius 1 is 1.19 bits per heavy atom. The van der Waals surface area contributed by atoms with Crippen molar-refractivity contribution < 1.29 is 27.5 Å². The maximum Gasteiger partial charge on any atom is 0.338 e. The van der Waals surface area contributed by atoms with E-state index in [1.165, 1.54) is 32.2 Å². The van der Waals surface area contributed by atoms with Gasteiger partial charge >= 0.3 is 5.97 Å². The quantitative estimate of drug-likeness (QED) is 0.593. The molecule has 0 bridgehead atoms. The number of methoxy groups -OCH3 is 1. The van der Waals surface area contributed by atoms with Gasteiger partial charge in [0, 0.05) is 10.7 Å². The Balaban J connectivity index is 2.41. The van der Waals surface area contributed by atoms with Crippen molar-refractivity contribution in [1.29, 1.82) is 0 Å². The summed E-state index contributed by atoms with van der Waals surface area (Å²) in [5.41, 5.74) is 1.47. The van der Waals surface area contributed by atoms with Crippen molar-refractivity contribution in [3.05, 3.63) is 52.5 Å². The summed E-state index contributed by atoms with van der Waals surface area (Å²) in [4.78, 5) is 25.0. The summed E-state index contributed by atoms with van der Waals surface area (Å²) in [7, 11) is -2.49. The number of hydrogen-bond donors (Lipinski definition) is 1. The summed E-state index contributed by atoms with van der Waals surface area (Å²) < 4.78 is 36.3. The molecule has 0 aromatic heterocycles. The molecule has 0 spiro atoms. The van der Waals surface area contributed by atoms with Gasteiger partial charge < -0.3 is 14.8 Å². The molecule has 31 heavy (non-hydrogen) atoms. The van der Waals surface area contributed by atoms with Crippen molar-refractivity contribution in [2.24, 2.45) is 0 Å². The number of halogens is 1. The molecule has 0 unspecified atom stereocenters. The molecule has 0 aliphatic carbocycles. The van der Waals surface area contributed by atoms with Crippen LogP contribution >= 0.6 is 11.6 Å². The van der Waals surface area contributed by atoms with Gasteiger partial charge in [-0.3, -0.25) is 9.10 Å². The first-order valence-electron chi connectivity index (χ1n) is 9.41. The molecule has 2 rings (SSSR count). The number of amides is 1. The number of esters is 1. The SMILES string of the molecule is CCOC(=O)c1ccc(C)c(NC(=O)[C@H](C)N(c2cc(Cl)ccc2OC)S(C)(=O)=O)c1. The molecule has 2 aromatic carbocycles. The van der Waals surface area contributed by atoms with Crippen LogP contribution in [0.5, 0.6) is 5.75 Å². The zero-order chi connectivity index (χ0) is 23.3. The van der Waals surface area contributed by atoms with Gasteiger partial charge in [-0.2, -0.15) is 0 Å². The summed E-state index contributed by atoms with van der Waals surface area (Å²) in [5, 5.41) is 2.98. The second-order valence-electron chi connectivity index (χ2n) is 6.79. The zero-order valence-electron chi connectivity index (χ0n) is 17.9. The van der Waals surface area contributed by atoms with Crippen LogP contribution in [0.4, 0.5) is 11.4 Å². The Morgan fingerprint density at radius 3 is 2.45 bits per heavy atom. The fourth-order valence-corrected chi connectivity index (χ4v) is 4.29. The molecule has 0 heterocycles. The third-order valence-electron chi connectivity index (χ3n) is 4.47. The maximum atomic E-state index is 13.0. The average Bonchev–Trinajstić information content (AvgIpc) is 2.69. The van der Waals surface area contributed by atoms with Gasteiger partial charge in [-0.05, 0) is 56.7 Å². The van der Waals surface area contributed by atoms with E-state index in [1.807, 2.05) is 0 Å². The van der Waals surface area contributed by atoms with E-state index >= 15 is 0 Å². The Kier molecular flexibility index (Phi) is 7.91. The smallest absolute Gasteiger partial charge is 0.338 e. The minimum atomic E-state index is -3.88. The minimum absolute atomic E-state index is 0.136. The number of benzene rings is 2. The summed E-state index contributed by atoms with van der Waals surface area (Å²) in [6, 6.07) is 8.09. The standard InChI is InChI=1S/C21H25ClN2O6S/c1-6-30-21(26)15-8-7-13(2)17(11-15)23-20(25)14(3)24(31(5,27)28)18-12-16(22)9-10-19(18)29-4/h7-12,14H,6H2,1-5H3,(H,23,25)/t14-/m0/s1.